The van der Waals surface area contributed by atoms with E-state index in [0.717, 1.165) is 57.8 Å². The minimum Gasteiger partial charge on any atom is -0.369 e. The molecule has 8 nitrogen and oxygen atoms in total. The zero-order chi connectivity index (χ0) is 21.1. The molecule has 0 radical (unpaired) electrons. The maximum Gasteiger partial charge on any atom is 0.294 e. The van der Waals surface area contributed by atoms with Gasteiger partial charge in [0.05, 0.1) is 16.2 Å². The first-order valence-corrected chi connectivity index (χ1v) is 10.5. The largest absolute Gasteiger partial charge is 0.369 e. The van der Waals surface area contributed by atoms with Crippen LogP contribution >= 0.6 is 0 Å². The number of nitriles is 1. The molecule has 0 saturated carbocycles. The Morgan fingerprint density at radius 2 is 1.59 bits per heavy atom. The number of nitro groups is 1. The van der Waals surface area contributed by atoms with Crippen LogP contribution in [-0.2, 0) is 0 Å². The predicted molar refractivity (Wildman–Crippen MR) is 116 cm³/mol. The fraction of sp³-hybridized carbons (Fsp3) is 0.667. The monoisotopic (exact) mass is 400 g/mol. The zero-order valence-corrected chi connectivity index (χ0v) is 18.0. The van der Waals surface area contributed by atoms with Crippen molar-refractivity contribution < 1.29 is 4.92 Å². The first-order chi connectivity index (χ1) is 13.9. The molecule has 2 heterocycles. The summed E-state index contributed by atoms with van der Waals surface area (Å²) in [7, 11) is 4.22. The summed E-state index contributed by atoms with van der Waals surface area (Å²) >= 11 is 0. The molecule has 2 fully saturated rings. The van der Waals surface area contributed by atoms with Crippen LogP contribution in [0, 0.1) is 21.4 Å². The van der Waals surface area contributed by atoms with Gasteiger partial charge in [0.25, 0.3) is 5.69 Å². The van der Waals surface area contributed by atoms with Gasteiger partial charge in [-0.25, -0.2) is 0 Å². The number of likely N-dealkylation sites (N-methyl/N-ethyl adjacent to an activating group) is 2. The molecule has 3 rings (SSSR count). The van der Waals surface area contributed by atoms with Gasteiger partial charge in [0.15, 0.2) is 0 Å². The summed E-state index contributed by atoms with van der Waals surface area (Å²) in [5.74, 6) is 0. The number of hydrogen-bond acceptors (Lipinski definition) is 7. The van der Waals surface area contributed by atoms with Crippen molar-refractivity contribution in [3.8, 4) is 6.07 Å². The fourth-order valence-corrected chi connectivity index (χ4v) is 4.47. The van der Waals surface area contributed by atoms with Crippen molar-refractivity contribution in [1.29, 1.82) is 5.26 Å². The van der Waals surface area contributed by atoms with E-state index in [-0.39, 0.29) is 10.6 Å². The van der Waals surface area contributed by atoms with Gasteiger partial charge in [0, 0.05) is 44.3 Å². The fourth-order valence-electron chi connectivity index (χ4n) is 4.47. The van der Waals surface area contributed by atoms with Crippen LogP contribution in [0.1, 0.15) is 32.3 Å². The van der Waals surface area contributed by atoms with Crippen LogP contribution in [0.5, 0.6) is 0 Å². The van der Waals surface area contributed by atoms with E-state index < -0.39 is 0 Å². The van der Waals surface area contributed by atoms with Crippen molar-refractivity contribution >= 4 is 17.1 Å². The van der Waals surface area contributed by atoms with Crippen molar-refractivity contribution in [2.75, 3.05) is 63.2 Å². The average Bonchev–Trinajstić information content (AvgIpc) is 3.41. The van der Waals surface area contributed by atoms with Crippen LogP contribution < -0.4 is 9.80 Å². The summed E-state index contributed by atoms with van der Waals surface area (Å²) in [5, 5.41) is 21.4. The number of nitrogens with zero attached hydrogens (tertiary/aromatic N) is 6. The van der Waals surface area contributed by atoms with Crippen molar-refractivity contribution in [1.82, 2.24) is 9.80 Å². The summed E-state index contributed by atoms with van der Waals surface area (Å²) in [6.45, 7) is 9.49. The highest BCUT2D eigenvalue weighted by molar-refractivity contribution is 5.76. The smallest absolute Gasteiger partial charge is 0.294 e. The van der Waals surface area contributed by atoms with Crippen molar-refractivity contribution in [2.24, 2.45) is 0 Å². The van der Waals surface area contributed by atoms with E-state index in [1.54, 1.807) is 0 Å². The van der Waals surface area contributed by atoms with Gasteiger partial charge < -0.3 is 19.6 Å². The number of nitro benzene ring substituents is 1. The number of benzene rings is 1. The third-order valence-electron chi connectivity index (χ3n) is 6.66. The van der Waals surface area contributed by atoms with Crippen molar-refractivity contribution in [3.05, 3.63) is 27.8 Å². The summed E-state index contributed by atoms with van der Waals surface area (Å²) in [4.78, 5) is 20.4. The maximum atomic E-state index is 11.8. The second-order valence-electron chi connectivity index (χ2n) is 8.15. The Hall–Kier alpha value is -2.37. The summed E-state index contributed by atoms with van der Waals surface area (Å²) in [5.41, 5.74) is 1.89. The molecular formula is C21H32N6O2. The van der Waals surface area contributed by atoms with Crippen LogP contribution in [0.25, 0.3) is 0 Å². The van der Waals surface area contributed by atoms with Gasteiger partial charge in [0.2, 0.25) is 0 Å². The molecule has 1 aromatic carbocycles. The quantitative estimate of drug-likeness (QED) is 0.514. The van der Waals surface area contributed by atoms with E-state index in [4.69, 9.17) is 0 Å². The Balaban J connectivity index is 1.93. The Bertz CT molecular complexity index is 792. The highest BCUT2D eigenvalue weighted by atomic mass is 16.6. The minimum absolute atomic E-state index is 0.0338. The third-order valence-corrected chi connectivity index (χ3v) is 6.66. The molecule has 29 heavy (non-hydrogen) atoms. The summed E-state index contributed by atoms with van der Waals surface area (Å²) in [6.07, 6.45) is 2.03. The Morgan fingerprint density at radius 3 is 2.03 bits per heavy atom. The van der Waals surface area contributed by atoms with Gasteiger partial charge in [-0.1, -0.05) is 13.8 Å². The standard InChI is InChI=1S/C21H32N6O2/c1-5-23(3)17-7-9-25(14-17)19-12-20(21(27(28)29)11-16(19)13-22)26-10-8-18(15-26)24(4)6-2/h11-12,17-18H,5-10,14-15H2,1-4H3. The molecule has 2 aliphatic heterocycles. The Kier molecular flexibility index (Phi) is 6.60. The van der Waals surface area contributed by atoms with E-state index in [9.17, 15) is 15.4 Å². The molecule has 0 N–H and O–H groups in total. The molecule has 0 amide bonds. The van der Waals surface area contributed by atoms with Crippen LogP contribution in [-0.4, -0.2) is 80.2 Å². The highest BCUT2D eigenvalue weighted by Gasteiger charge is 2.33. The van der Waals surface area contributed by atoms with E-state index >= 15 is 0 Å². The van der Waals surface area contributed by atoms with Gasteiger partial charge >= 0.3 is 0 Å². The molecule has 0 bridgehead atoms. The molecule has 2 atom stereocenters. The summed E-state index contributed by atoms with van der Waals surface area (Å²) in [6, 6.07) is 6.39. The van der Waals surface area contributed by atoms with E-state index in [0.29, 0.717) is 23.3 Å². The first-order valence-electron chi connectivity index (χ1n) is 10.5. The topological polar surface area (TPSA) is 79.9 Å². The van der Waals surface area contributed by atoms with Crippen LogP contribution in [0.4, 0.5) is 17.1 Å². The lowest BCUT2D eigenvalue weighted by Gasteiger charge is -2.27. The zero-order valence-electron chi connectivity index (χ0n) is 18.0. The molecule has 2 unspecified atom stereocenters. The van der Waals surface area contributed by atoms with Crippen molar-refractivity contribution in [2.45, 2.75) is 38.8 Å². The Labute approximate surface area is 173 Å². The molecule has 2 aliphatic rings. The van der Waals surface area contributed by atoms with Crippen molar-refractivity contribution in [3.63, 3.8) is 0 Å². The lowest BCUT2D eigenvalue weighted by molar-refractivity contribution is -0.384. The molecule has 0 spiro atoms. The Morgan fingerprint density at radius 1 is 1.07 bits per heavy atom. The third kappa shape index (κ3) is 4.31. The second kappa shape index (κ2) is 8.97. The van der Waals surface area contributed by atoms with Gasteiger partial charge in [-0.3, -0.25) is 10.1 Å². The predicted octanol–water partition coefficient (Wildman–Crippen LogP) is 2.53. The van der Waals surface area contributed by atoms with Crippen LogP contribution in [0.2, 0.25) is 0 Å². The minimum atomic E-state index is -0.353. The number of hydrogen-bond donors (Lipinski definition) is 0. The molecule has 0 aromatic heterocycles. The number of rotatable bonds is 7. The molecule has 0 aliphatic carbocycles. The highest BCUT2D eigenvalue weighted by Crippen LogP contribution is 2.38. The van der Waals surface area contributed by atoms with E-state index in [2.05, 4.69) is 53.6 Å². The van der Waals surface area contributed by atoms with E-state index in [1.165, 1.54) is 6.07 Å². The molecular weight excluding hydrogens is 368 g/mol. The first kappa shape index (κ1) is 21.3. The van der Waals surface area contributed by atoms with E-state index in [1.807, 2.05) is 6.07 Å². The number of anilines is 2. The average molecular weight is 401 g/mol. The van der Waals surface area contributed by atoms with Gasteiger partial charge in [-0.2, -0.15) is 5.26 Å². The molecule has 2 saturated heterocycles. The molecule has 8 heteroatoms. The lowest BCUT2D eigenvalue weighted by Crippen LogP contribution is -2.35. The van der Waals surface area contributed by atoms with Gasteiger partial charge in [-0.15, -0.1) is 0 Å². The van der Waals surface area contributed by atoms with Crippen LogP contribution in [0.3, 0.4) is 0 Å². The lowest BCUT2D eigenvalue weighted by atomic mass is 10.1. The maximum absolute atomic E-state index is 11.8. The van der Waals surface area contributed by atoms with Gasteiger partial charge in [0.1, 0.15) is 11.8 Å². The molecule has 158 valence electrons. The second-order valence-corrected chi connectivity index (χ2v) is 8.15. The van der Waals surface area contributed by atoms with Crippen LogP contribution in [0.15, 0.2) is 12.1 Å². The SMILES string of the molecule is CCN(C)C1CCN(c2cc(N3CCC(N(C)CC)C3)c([N+](=O)[O-])cc2C#N)C1. The summed E-state index contributed by atoms with van der Waals surface area (Å²) < 4.78 is 0. The van der Waals surface area contributed by atoms with Gasteiger partial charge in [-0.05, 0) is 46.1 Å². The normalized spacial score (nSPS) is 22.0. The molecule has 1 aromatic rings.